The highest BCUT2D eigenvalue weighted by molar-refractivity contribution is 7.99. The minimum Gasteiger partial charge on any atom is -0.495 e. The lowest BCUT2D eigenvalue weighted by Gasteiger charge is -2.12. The summed E-state index contributed by atoms with van der Waals surface area (Å²) < 4.78 is 13.1. The third kappa shape index (κ3) is 5.28. The summed E-state index contributed by atoms with van der Waals surface area (Å²) in [5.41, 5.74) is 1.53. The van der Waals surface area contributed by atoms with Crippen molar-refractivity contribution in [3.05, 3.63) is 90.8 Å². The van der Waals surface area contributed by atoms with Crippen molar-refractivity contribution >= 4 is 23.4 Å². The van der Waals surface area contributed by atoms with Gasteiger partial charge in [0, 0.05) is 5.69 Å². The van der Waals surface area contributed by atoms with Crippen molar-refractivity contribution in [2.45, 2.75) is 11.8 Å². The number of hydrogen-bond acceptors (Lipinski definition) is 6. The SMILES string of the molecule is COc1ccccc1NC(=O)CSc1nnc(COc2ccccc2)n1-c1ccccc1. The van der Waals surface area contributed by atoms with Crippen LogP contribution in [0.2, 0.25) is 0 Å². The molecule has 0 saturated carbocycles. The van der Waals surface area contributed by atoms with Crippen LogP contribution in [0.3, 0.4) is 0 Å². The van der Waals surface area contributed by atoms with Crippen LogP contribution in [-0.2, 0) is 11.4 Å². The summed E-state index contributed by atoms with van der Waals surface area (Å²) in [5.74, 6) is 2.01. The minimum absolute atomic E-state index is 0.163. The second-order valence-corrected chi connectivity index (χ2v) is 7.65. The van der Waals surface area contributed by atoms with Crippen LogP contribution >= 0.6 is 11.8 Å². The Bertz CT molecular complexity index is 1170. The molecule has 0 aliphatic heterocycles. The van der Waals surface area contributed by atoms with Crippen LogP contribution in [0.5, 0.6) is 11.5 Å². The first-order valence-electron chi connectivity index (χ1n) is 9.98. The number of aromatic nitrogens is 3. The Morgan fingerprint density at radius 3 is 2.38 bits per heavy atom. The summed E-state index contributed by atoms with van der Waals surface area (Å²) in [6.45, 7) is 0.250. The van der Waals surface area contributed by atoms with Crippen molar-refractivity contribution < 1.29 is 14.3 Å². The molecule has 3 aromatic carbocycles. The van der Waals surface area contributed by atoms with Crippen LogP contribution < -0.4 is 14.8 Å². The van der Waals surface area contributed by atoms with Crippen LogP contribution in [0.25, 0.3) is 5.69 Å². The molecule has 0 unspecified atom stereocenters. The van der Waals surface area contributed by atoms with Gasteiger partial charge in [-0.3, -0.25) is 9.36 Å². The smallest absolute Gasteiger partial charge is 0.234 e. The van der Waals surface area contributed by atoms with Gasteiger partial charge in [-0.15, -0.1) is 10.2 Å². The Morgan fingerprint density at radius 2 is 1.62 bits per heavy atom. The van der Waals surface area contributed by atoms with E-state index in [1.165, 1.54) is 11.8 Å². The van der Waals surface area contributed by atoms with Crippen LogP contribution in [-0.4, -0.2) is 33.5 Å². The fourth-order valence-corrected chi connectivity index (χ4v) is 3.82. The number of nitrogens with one attached hydrogen (secondary N) is 1. The molecular formula is C24H22N4O3S. The predicted octanol–water partition coefficient (Wildman–Crippen LogP) is 4.59. The normalized spacial score (nSPS) is 10.5. The highest BCUT2D eigenvalue weighted by Crippen LogP contribution is 2.25. The largest absolute Gasteiger partial charge is 0.495 e. The highest BCUT2D eigenvalue weighted by Gasteiger charge is 2.17. The first kappa shape index (κ1) is 21.5. The van der Waals surface area contributed by atoms with Crippen molar-refractivity contribution in [1.82, 2.24) is 14.8 Å². The zero-order chi connectivity index (χ0) is 22.2. The summed E-state index contributed by atoms with van der Waals surface area (Å²) >= 11 is 1.31. The second-order valence-electron chi connectivity index (χ2n) is 6.71. The van der Waals surface area contributed by atoms with E-state index in [1.54, 1.807) is 19.2 Å². The van der Waals surface area contributed by atoms with E-state index in [0.717, 1.165) is 11.4 Å². The summed E-state index contributed by atoms with van der Waals surface area (Å²) in [6, 6.07) is 26.6. The van der Waals surface area contributed by atoms with Crippen LogP contribution in [0.15, 0.2) is 90.1 Å². The Hall–Kier alpha value is -3.78. The van der Waals surface area contributed by atoms with Crippen LogP contribution in [0.4, 0.5) is 5.69 Å². The number of para-hydroxylation sites is 4. The average Bonchev–Trinajstić information content (AvgIpc) is 3.26. The number of hydrogen-bond donors (Lipinski definition) is 1. The molecule has 0 spiro atoms. The topological polar surface area (TPSA) is 78.3 Å². The van der Waals surface area contributed by atoms with E-state index in [2.05, 4.69) is 15.5 Å². The van der Waals surface area contributed by atoms with Crippen molar-refractivity contribution in [1.29, 1.82) is 0 Å². The maximum atomic E-state index is 12.5. The highest BCUT2D eigenvalue weighted by atomic mass is 32.2. The van der Waals surface area contributed by atoms with Crippen molar-refractivity contribution in [2.24, 2.45) is 0 Å². The van der Waals surface area contributed by atoms with Gasteiger partial charge in [0.2, 0.25) is 5.91 Å². The van der Waals surface area contributed by atoms with Gasteiger partial charge in [0.15, 0.2) is 11.0 Å². The summed E-state index contributed by atoms with van der Waals surface area (Å²) in [4.78, 5) is 12.5. The number of carbonyl (C=O) groups excluding carboxylic acids is 1. The lowest BCUT2D eigenvalue weighted by atomic mass is 10.3. The maximum Gasteiger partial charge on any atom is 0.234 e. The number of rotatable bonds is 9. The third-order valence-electron chi connectivity index (χ3n) is 4.54. The first-order chi connectivity index (χ1) is 15.7. The van der Waals surface area contributed by atoms with Gasteiger partial charge >= 0.3 is 0 Å². The summed E-state index contributed by atoms with van der Waals surface area (Å²) in [5, 5.41) is 12.1. The fourth-order valence-electron chi connectivity index (χ4n) is 3.05. The molecule has 4 aromatic rings. The number of methoxy groups -OCH3 is 1. The standard InChI is InChI=1S/C24H22N4O3S/c1-30-21-15-9-8-14-20(21)25-23(29)17-32-24-27-26-22(16-31-19-12-6-3-7-13-19)28(24)18-10-4-2-5-11-18/h2-15H,16-17H2,1H3,(H,25,29). The molecule has 0 radical (unpaired) electrons. The Balaban J connectivity index is 1.49. The third-order valence-corrected chi connectivity index (χ3v) is 5.47. The van der Waals surface area contributed by atoms with Gasteiger partial charge in [-0.1, -0.05) is 60.3 Å². The van der Waals surface area contributed by atoms with E-state index < -0.39 is 0 Å². The van der Waals surface area contributed by atoms with E-state index >= 15 is 0 Å². The van der Waals surface area contributed by atoms with Gasteiger partial charge in [0.1, 0.15) is 18.1 Å². The molecule has 1 N–H and O–H groups in total. The Morgan fingerprint density at radius 1 is 0.938 bits per heavy atom. The van der Waals surface area contributed by atoms with E-state index in [-0.39, 0.29) is 18.3 Å². The van der Waals surface area contributed by atoms with Crippen LogP contribution in [0, 0.1) is 0 Å². The number of carbonyl (C=O) groups is 1. The molecule has 1 heterocycles. The first-order valence-corrected chi connectivity index (χ1v) is 11.0. The lowest BCUT2D eigenvalue weighted by molar-refractivity contribution is -0.113. The molecule has 0 saturated heterocycles. The number of amides is 1. The summed E-state index contributed by atoms with van der Waals surface area (Å²) in [6.07, 6.45) is 0. The van der Waals surface area contributed by atoms with E-state index in [0.29, 0.717) is 22.4 Å². The van der Waals surface area contributed by atoms with Crippen molar-refractivity contribution in [3.63, 3.8) is 0 Å². The monoisotopic (exact) mass is 446 g/mol. The number of anilines is 1. The Labute approximate surface area is 190 Å². The van der Waals surface area contributed by atoms with Crippen molar-refractivity contribution in [3.8, 4) is 17.2 Å². The molecular weight excluding hydrogens is 424 g/mol. The molecule has 32 heavy (non-hydrogen) atoms. The zero-order valence-electron chi connectivity index (χ0n) is 17.5. The molecule has 0 bridgehead atoms. The Kier molecular flexibility index (Phi) is 7.04. The molecule has 1 aromatic heterocycles. The molecule has 8 heteroatoms. The molecule has 0 fully saturated rings. The van der Waals surface area contributed by atoms with E-state index in [1.807, 2.05) is 77.4 Å². The molecule has 1 amide bonds. The average molecular weight is 447 g/mol. The maximum absolute atomic E-state index is 12.5. The molecule has 4 rings (SSSR count). The van der Waals surface area contributed by atoms with E-state index in [4.69, 9.17) is 9.47 Å². The lowest BCUT2D eigenvalue weighted by Crippen LogP contribution is -2.15. The van der Waals surface area contributed by atoms with Crippen LogP contribution in [0.1, 0.15) is 5.82 Å². The second kappa shape index (κ2) is 10.5. The number of ether oxygens (including phenoxy) is 2. The van der Waals surface area contributed by atoms with Gasteiger partial charge in [-0.05, 0) is 36.4 Å². The number of benzene rings is 3. The quantitative estimate of drug-likeness (QED) is 0.379. The molecule has 162 valence electrons. The number of nitrogens with zero attached hydrogens (tertiary/aromatic N) is 3. The zero-order valence-corrected chi connectivity index (χ0v) is 18.3. The van der Waals surface area contributed by atoms with Gasteiger partial charge in [0.05, 0.1) is 18.6 Å². The van der Waals surface area contributed by atoms with E-state index in [9.17, 15) is 4.79 Å². The van der Waals surface area contributed by atoms with Gasteiger partial charge < -0.3 is 14.8 Å². The fraction of sp³-hybridized carbons (Fsp3) is 0.125. The summed E-state index contributed by atoms with van der Waals surface area (Å²) in [7, 11) is 1.57. The molecule has 7 nitrogen and oxygen atoms in total. The molecule has 0 atom stereocenters. The van der Waals surface area contributed by atoms with Crippen molar-refractivity contribution in [2.75, 3.05) is 18.2 Å². The number of thioether (sulfide) groups is 1. The molecule has 0 aliphatic carbocycles. The van der Waals surface area contributed by atoms with Gasteiger partial charge in [-0.25, -0.2) is 0 Å². The minimum atomic E-state index is -0.163. The van der Waals surface area contributed by atoms with Gasteiger partial charge in [-0.2, -0.15) is 0 Å². The predicted molar refractivity (Wildman–Crippen MR) is 124 cm³/mol. The molecule has 0 aliphatic rings. The van der Waals surface area contributed by atoms with Gasteiger partial charge in [0.25, 0.3) is 0 Å².